The predicted molar refractivity (Wildman–Crippen MR) is 97.9 cm³/mol. The molecule has 26 heavy (non-hydrogen) atoms. The summed E-state index contributed by atoms with van der Waals surface area (Å²) in [5.41, 5.74) is 1.34. The van der Waals surface area contributed by atoms with Gasteiger partial charge in [-0.2, -0.15) is 0 Å². The van der Waals surface area contributed by atoms with Gasteiger partial charge in [0.05, 0.1) is 5.41 Å². The van der Waals surface area contributed by atoms with Gasteiger partial charge in [0.15, 0.2) is 0 Å². The fourth-order valence-corrected chi connectivity index (χ4v) is 4.81. The summed E-state index contributed by atoms with van der Waals surface area (Å²) in [6, 6.07) is 4.15. The summed E-state index contributed by atoms with van der Waals surface area (Å²) in [6.07, 6.45) is 5.49. The van der Waals surface area contributed by atoms with Crippen molar-refractivity contribution in [1.29, 1.82) is 0 Å². The average molecular weight is 359 g/mol. The molecule has 2 amide bonds. The molecule has 6 heteroatoms. The zero-order chi connectivity index (χ0) is 18.1. The molecule has 0 aromatic carbocycles. The fraction of sp³-hybridized carbons (Fsp3) is 0.700. The van der Waals surface area contributed by atoms with Gasteiger partial charge >= 0.3 is 0 Å². The van der Waals surface area contributed by atoms with E-state index in [1.165, 1.54) is 0 Å². The van der Waals surface area contributed by atoms with Crippen LogP contribution in [0, 0.1) is 5.41 Å². The predicted octanol–water partition coefficient (Wildman–Crippen LogP) is 2.21. The first-order valence-electron chi connectivity index (χ1n) is 9.99. The van der Waals surface area contributed by atoms with Crippen LogP contribution < -0.4 is 0 Å². The third kappa shape index (κ3) is 3.04. The number of carbonyl (C=O) groups excluding carboxylic acids is 2. The molecule has 1 aromatic rings. The van der Waals surface area contributed by atoms with Crippen LogP contribution in [-0.2, 0) is 16.0 Å². The van der Waals surface area contributed by atoms with Crippen molar-refractivity contribution in [3.63, 3.8) is 0 Å². The summed E-state index contributed by atoms with van der Waals surface area (Å²) in [4.78, 5) is 33.4. The normalized spacial score (nSPS) is 27.5. The summed E-state index contributed by atoms with van der Waals surface area (Å²) in [5, 5.41) is 0. The number of nitrogens with one attached hydrogen (secondary N) is 1. The number of aromatic amines is 1. The van der Waals surface area contributed by atoms with Crippen molar-refractivity contribution in [3.05, 3.63) is 23.5 Å². The number of amides is 2. The monoisotopic (exact) mass is 359 g/mol. The van der Waals surface area contributed by atoms with Crippen LogP contribution in [0.25, 0.3) is 0 Å². The molecule has 4 heterocycles. The van der Waals surface area contributed by atoms with Gasteiger partial charge in [0.2, 0.25) is 5.91 Å². The molecular weight excluding hydrogens is 330 g/mol. The number of aromatic nitrogens is 1. The molecule has 1 N–H and O–H groups in total. The Morgan fingerprint density at radius 3 is 2.81 bits per heavy atom. The second kappa shape index (κ2) is 7.06. The summed E-state index contributed by atoms with van der Waals surface area (Å²) in [5.74, 6) is 0.296. The van der Waals surface area contributed by atoms with Gasteiger partial charge in [0.25, 0.3) is 5.91 Å². The summed E-state index contributed by atoms with van der Waals surface area (Å²) in [6.45, 7) is 5.65. The van der Waals surface area contributed by atoms with Crippen molar-refractivity contribution >= 4 is 11.8 Å². The second-order valence-corrected chi connectivity index (χ2v) is 7.95. The van der Waals surface area contributed by atoms with Crippen molar-refractivity contribution in [1.82, 2.24) is 14.8 Å². The molecule has 0 unspecified atom stereocenters. The van der Waals surface area contributed by atoms with Crippen molar-refractivity contribution in [2.75, 3.05) is 32.8 Å². The maximum absolute atomic E-state index is 13.3. The number of hydrogen-bond acceptors (Lipinski definition) is 3. The molecule has 1 atom stereocenters. The molecule has 0 radical (unpaired) electrons. The molecular formula is C20H29N3O3. The minimum Gasteiger partial charge on any atom is -0.381 e. The van der Waals surface area contributed by atoms with E-state index in [1.807, 2.05) is 17.0 Å². The van der Waals surface area contributed by atoms with Gasteiger partial charge in [0.1, 0.15) is 5.69 Å². The lowest BCUT2D eigenvalue weighted by atomic mass is 9.77. The topological polar surface area (TPSA) is 65.6 Å². The third-order valence-electron chi connectivity index (χ3n) is 6.40. The Balaban J connectivity index is 1.47. The lowest BCUT2D eigenvalue weighted by Gasteiger charge is -2.44. The number of aryl methyl sites for hydroxylation is 1. The van der Waals surface area contributed by atoms with Gasteiger partial charge in [-0.15, -0.1) is 0 Å². The van der Waals surface area contributed by atoms with Crippen LogP contribution in [-0.4, -0.2) is 65.5 Å². The highest BCUT2D eigenvalue weighted by Gasteiger charge is 2.50. The standard InChI is InChI=1S/C20H29N3O3/c1-2-15-4-5-17(21-15)18(24)22-11-9-20(14-22)8-3-10-23(19(20)25)16-6-12-26-13-7-16/h4-5,16,21H,2-3,6-14H2,1H3/t20-/m0/s1. The molecule has 1 spiro atoms. The van der Waals surface area contributed by atoms with Crippen molar-refractivity contribution in [2.24, 2.45) is 5.41 Å². The van der Waals surface area contributed by atoms with Gasteiger partial charge in [-0.1, -0.05) is 6.92 Å². The molecule has 1 aromatic heterocycles. The number of hydrogen-bond donors (Lipinski definition) is 1. The SMILES string of the molecule is CCc1ccc(C(=O)N2CC[C@@]3(CCCN(C4CCOCC4)C3=O)C2)[nH]1. The lowest BCUT2D eigenvalue weighted by Crippen LogP contribution is -2.55. The van der Waals surface area contributed by atoms with Crippen LogP contribution in [0.3, 0.4) is 0 Å². The van der Waals surface area contributed by atoms with Gasteiger partial charge in [-0.25, -0.2) is 0 Å². The third-order valence-corrected chi connectivity index (χ3v) is 6.40. The van der Waals surface area contributed by atoms with E-state index in [-0.39, 0.29) is 17.2 Å². The molecule has 3 fully saturated rings. The molecule has 4 rings (SSSR count). The minimum absolute atomic E-state index is 0.0255. The number of ether oxygens (including phenoxy) is 1. The molecule has 142 valence electrons. The smallest absolute Gasteiger partial charge is 0.270 e. The quantitative estimate of drug-likeness (QED) is 0.900. The first-order chi connectivity index (χ1) is 12.6. The zero-order valence-electron chi connectivity index (χ0n) is 15.6. The average Bonchev–Trinajstić information content (AvgIpc) is 3.32. The highest BCUT2D eigenvalue weighted by atomic mass is 16.5. The Kier molecular flexibility index (Phi) is 4.78. The Bertz CT molecular complexity index is 680. The number of likely N-dealkylation sites (tertiary alicyclic amines) is 2. The molecule has 6 nitrogen and oxygen atoms in total. The van der Waals surface area contributed by atoms with E-state index in [0.29, 0.717) is 24.8 Å². The van der Waals surface area contributed by atoms with Crippen LogP contribution in [0.1, 0.15) is 55.2 Å². The maximum atomic E-state index is 13.3. The number of H-pyrrole nitrogens is 1. The van der Waals surface area contributed by atoms with E-state index >= 15 is 0 Å². The van der Waals surface area contributed by atoms with E-state index in [9.17, 15) is 9.59 Å². The number of piperidine rings is 1. The summed E-state index contributed by atoms with van der Waals surface area (Å²) >= 11 is 0. The molecule has 3 aliphatic rings. The largest absolute Gasteiger partial charge is 0.381 e. The van der Waals surface area contributed by atoms with E-state index < -0.39 is 0 Å². The van der Waals surface area contributed by atoms with E-state index in [2.05, 4.69) is 16.8 Å². The molecule has 3 saturated heterocycles. The van der Waals surface area contributed by atoms with Crippen molar-refractivity contribution in [2.45, 2.75) is 51.5 Å². The highest BCUT2D eigenvalue weighted by molar-refractivity contribution is 5.94. The number of nitrogens with zero attached hydrogens (tertiary/aromatic N) is 2. The Morgan fingerprint density at radius 1 is 1.27 bits per heavy atom. The Hall–Kier alpha value is -1.82. The number of rotatable bonds is 3. The maximum Gasteiger partial charge on any atom is 0.270 e. The van der Waals surface area contributed by atoms with E-state index in [1.54, 1.807) is 0 Å². The Labute approximate surface area is 154 Å². The number of carbonyl (C=O) groups is 2. The minimum atomic E-state index is -0.369. The van der Waals surface area contributed by atoms with Crippen LogP contribution >= 0.6 is 0 Å². The fourth-order valence-electron chi connectivity index (χ4n) is 4.81. The van der Waals surface area contributed by atoms with Gasteiger partial charge < -0.3 is 19.5 Å². The van der Waals surface area contributed by atoms with Gasteiger partial charge in [0, 0.05) is 44.6 Å². The van der Waals surface area contributed by atoms with Crippen LogP contribution in [0.4, 0.5) is 0 Å². The molecule has 0 saturated carbocycles. The van der Waals surface area contributed by atoms with Crippen molar-refractivity contribution in [3.8, 4) is 0 Å². The van der Waals surface area contributed by atoms with E-state index in [4.69, 9.17) is 4.74 Å². The van der Waals surface area contributed by atoms with Crippen LogP contribution in [0.15, 0.2) is 12.1 Å². The lowest BCUT2D eigenvalue weighted by molar-refractivity contribution is -0.150. The first kappa shape index (κ1) is 17.6. The second-order valence-electron chi connectivity index (χ2n) is 7.95. The van der Waals surface area contributed by atoms with E-state index in [0.717, 1.165) is 64.0 Å². The zero-order valence-corrected chi connectivity index (χ0v) is 15.6. The highest BCUT2D eigenvalue weighted by Crippen LogP contribution is 2.41. The van der Waals surface area contributed by atoms with Crippen LogP contribution in [0.5, 0.6) is 0 Å². The Morgan fingerprint density at radius 2 is 2.08 bits per heavy atom. The molecule has 0 bridgehead atoms. The molecule has 0 aliphatic carbocycles. The van der Waals surface area contributed by atoms with Gasteiger partial charge in [-0.05, 0) is 50.7 Å². The van der Waals surface area contributed by atoms with Crippen molar-refractivity contribution < 1.29 is 14.3 Å². The van der Waals surface area contributed by atoms with Crippen LogP contribution in [0.2, 0.25) is 0 Å². The molecule has 3 aliphatic heterocycles. The van der Waals surface area contributed by atoms with Gasteiger partial charge in [-0.3, -0.25) is 9.59 Å². The summed E-state index contributed by atoms with van der Waals surface area (Å²) in [7, 11) is 0. The first-order valence-corrected chi connectivity index (χ1v) is 9.99. The summed E-state index contributed by atoms with van der Waals surface area (Å²) < 4.78 is 5.46.